The summed E-state index contributed by atoms with van der Waals surface area (Å²) in [5.41, 5.74) is 5.88. The quantitative estimate of drug-likeness (QED) is 0.498. The lowest BCUT2D eigenvalue weighted by molar-refractivity contribution is -0.126. The van der Waals surface area contributed by atoms with E-state index in [2.05, 4.69) is 10.6 Å². The second-order valence-electron chi connectivity index (χ2n) is 9.24. The molecule has 1 aliphatic heterocycles. The van der Waals surface area contributed by atoms with E-state index in [0.29, 0.717) is 24.5 Å². The molecule has 1 aliphatic rings. The first-order chi connectivity index (χ1) is 17.3. The zero-order valence-electron chi connectivity index (χ0n) is 20.8. The first kappa shape index (κ1) is 25.0. The van der Waals surface area contributed by atoms with Crippen molar-refractivity contribution in [1.82, 2.24) is 5.32 Å². The van der Waals surface area contributed by atoms with E-state index in [-0.39, 0.29) is 30.7 Å². The van der Waals surface area contributed by atoms with Gasteiger partial charge in [-0.25, -0.2) is 0 Å². The molecular weight excluding hydrogens is 454 g/mol. The lowest BCUT2D eigenvalue weighted by atomic mass is 10.1. The highest BCUT2D eigenvalue weighted by Gasteiger charge is 2.35. The number of hydrogen-bond acceptors (Lipinski definition) is 4. The van der Waals surface area contributed by atoms with Gasteiger partial charge in [-0.1, -0.05) is 35.9 Å². The van der Waals surface area contributed by atoms with Gasteiger partial charge in [0.2, 0.25) is 11.8 Å². The summed E-state index contributed by atoms with van der Waals surface area (Å²) in [5.74, 6) is -0.342. The highest BCUT2D eigenvalue weighted by atomic mass is 16.5. The normalized spacial score (nSPS) is 15.0. The van der Waals surface area contributed by atoms with E-state index in [1.54, 1.807) is 29.2 Å². The number of amides is 3. The van der Waals surface area contributed by atoms with Crippen LogP contribution in [0.3, 0.4) is 0 Å². The largest absolute Gasteiger partial charge is 0.484 e. The van der Waals surface area contributed by atoms with Gasteiger partial charge < -0.3 is 20.3 Å². The maximum Gasteiger partial charge on any atom is 0.262 e. The molecule has 4 rings (SSSR count). The van der Waals surface area contributed by atoms with Crippen molar-refractivity contribution >= 4 is 29.1 Å². The van der Waals surface area contributed by atoms with Gasteiger partial charge in [0.1, 0.15) is 5.75 Å². The molecule has 1 heterocycles. The molecule has 186 valence electrons. The third-order valence-corrected chi connectivity index (χ3v) is 6.39. The molecule has 0 aliphatic carbocycles. The number of rotatable bonds is 8. The van der Waals surface area contributed by atoms with Gasteiger partial charge in [-0.15, -0.1) is 0 Å². The molecule has 0 spiro atoms. The van der Waals surface area contributed by atoms with Crippen LogP contribution in [-0.2, 0) is 20.9 Å². The summed E-state index contributed by atoms with van der Waals surface area (Å²) < 4.78 is 5.60. The summed E-state index contributed by atoms with van der Waals surface area (Å²) in [5, 5.41) is 5.76. The van der Waals surface area contributed by atoms with Crippen LogP contribution in [-0.4, -0.2) is 30.9 Å². The number of nitrogens with one attached hydrogen (secondary N) is 2. The average molecular weight is 486 g/mol. The summed E-state index contributed by atoms with van der Waals surface area (Å²) in [4.78, 5) is 39.1. The van der Waals surface area contributed by atoms with Crippen molar-refractivity contribution in [2.24, 2.45) is 5.92 Å². The average Bonchev–Trinajstić information content (AvgIpc) is 3.26. The van der Waals surface area contributed by atoms with Crippen molar-refractivity contribution < 1.29 is 19.1 Å². The topological polar surface area (TPSA) is 87.7 Å². The number of nitrogens with zero attached hydrogens (tertiary/aromatic N) is 1. The molecule has 1 fully saturated rings. The third-order valence-electron chi connectivity index (χ3n) is 6.39. The molecule has 1 atom stereocenters. The van der Waals surface area contributed by atoms with E-state index in [0.717, 1.165) is 22.4 Å². The molecule has 0 bridgehead atoms. The zero-order chi connectivity index (χ0) is 25.7. The van der Waals surface area contributed by atoms with Gasteiger partial charge in [0, 0.05) is 30.9 Å². The van der Waals surface area contributed by atoms with E-state index in [4.69, 9.17) is 4.74 Å². The molecule has 2 N–H and O–H groups in total. The van der Waals surface area contributed by atoms with Crippen LogP contribution >= 0.6 is 0 Å². The highest BCUT2D eigenvalue weighted by molar-refractivity contribution is 6.00. The number of carbonyl (C=O) groups is 3. The molecule has 36 heavy (non-hydrogen) atoms. The number of carbonyl (C=O) groups excluding carboxylic acids is 3. The molecule has 0 aromatic heterocycles. The summed E-state index contributed by atoms with van der Waals surface area (Å²) in [6.07, 6.45) is 0.177. The number of ether oxygens (including phenoxy) is 1. The Morgan fingerprint density at radius 3 is 2.36 bits per heavy atom. The Bertz CT molecular complexity index is 1250. The minimum Gasteiger partial charge on any atom is -0.484 e. The second-order valence-corrected chi connectivity index (χ2v) is 9.24. The fourth-order valence-corrected chi connectivity index (χ4v) is 4.06. The van der Waals surface area contributed by atoms with Gasteiger partial charge in [-0.3, -0.25) is 14.4 Å². The van der Waals surface area contributed by atoms with Crippen molar-refractivity contribution in [1.29, 1.82) is 0 Å². The minimum absolute atomic E-state index is 0.0908. The van der Waals surface area contributed by atoms with Gasteiger partial charge in [-0.05, 0) is 73.9 Å². The predicted molar refractivity (Wildman–Crippen MR) is 140 cm³/mol. The fraction of sp³-hybridized carbons (Fsp3) is 0.276. The van der Waals surface area contributed by atoms with Crippen molar-refractivity contribution in [3.8, 4) is 5.75 Å². The maximum atomic E-state index is 12.6. The Hall–Kier alpha value is -4.13. The first-order valence-corrected chi connectivity index (χ1v) is 12.0. The number of benzene rings is 3. The SMILES string of the molecule is Cc1ccc(CNC(=O)[C@H]2CC(=O)N(c3ccc(OCC(=O)Nc4ccc(C)c(C)c4)cc3)C2)cc1. The molecule has 0 saturated carbocycles. The number of aryl methyl sites for hydroxylation is 3. The Morgan fingerprint density at radius 1 is 0.944 bits per heavy atom. The van der Waals surface area contributed by atoms with Crippen molar-refractivity contribution in [2.45, 2.75) is 33.7 Å². The van der Waals surface area contributed by atoms with E-state index < -0.39 is 5.92 Å². The van der Waals surface area contributed by atoms with Crippen LogP contribution in [0.5, 0.6) is 5.75 Å². The summed E-state index contributed by atoms with van der Waals surface area (Å²) in [6.45, 7) is 6.67. The molecule has 7 nitrogen and oxygen atoms in total. The molecule has 3 amide bonds. The van der Waals surface area contributed by atoms with Crippen molar-refractivity contribution in [2.75, 3.05) is 23.4 Å². The van der Waals surface area contributed by atoms with E-state index >= 15 is 0 Å². The van der Waals surface area contributed by atoms with Crippen LogP contribution in [0.1, 0.15) is 28.7 Å². The van der Waals surface area contributed by atoms with Gasteiger partial charge in [-0.2, -0.15) is 0 Å². The van der Waals surface area contributed by atoms with Crippen molar-refractivity contribution in [3.63, 3.8) is 0 Å². The Morgan fingerprint density at radius 2 is 1.67 bits per heavy atom. The Labute approximate surface area is 211 Å². The van der Waals surface area contributed by atoms with Crippen LogP contribution in [0.2, 0.25) is 0 Å². The smallest absolute Gasteiger partial charge is 0.262 e. The first-order valence-electron chi connectivity index (χ1n) is 12.0. The van der Waals surface area contributed by atoms with E-state index in [9.17, 15) is 14.4 Å². The molecular formula is C29H31N3O4. The lowest BCUT2D eigenvalue weighted by Gasteiger charge is -2.17. The minimum atomic E-state index is -0.395. The summed E-state index contributed by atoms with van der Waals surface area (Å²) >= 11 is 0. The predicted octanol–water partition coefficient (Wildman–Crippen LogP) is 4.30. The third kappa shape index (κ3) is 6.30. The van der Waals surface area contributed by atoms with Gasteiger partial charge in [0.15, 0.2) is 6.61 Å². The molecule has 0 radical (unpaired) electrons. The molecule has 3 aromatic rings. The Balaban J connectivity index is 1.26. The lowest BCUT2D eigenvalue weighted by Crippen LogP contribution is -2.32. The van der Waals surface area contributed by atoms with Crippen LogP contribution in [0.4, 0.5) is 11.4 Å². The molecule has 1 saturated heterocycles. The number of hydrogen-bond donors (Lipinski definition) is 2. The van der Waals surface area contributed by atoms with Crippen LogP contribution in [0.15, 0.2) is 66.7 Å². The van der Waals surface area contributed by atoms with E-state index in [1.807, 2.05) is 63.2 Å². The number of anilines is 2. The van der Waals surface area contributed by atoms with Gasteiger partial charge in [0.05, 0.1) is 5.92 Å². The molecule has 3 aromatic carbocycles. The zero-order valence-corrected chi connectivity index (χ0v) is 20.8. The maximum absolute atomic E-state index is 12.6. The second kappa shape index (κ2) is 11.1. The van der Waals surface area contributed by atoms with Crippen LogP contribution in [0.25, 0.3) is 0 Å². The van der Waals surface area contributed by atoms with Crippen LogP contribution < -0.4 is 20.3 Å². The molecule has 7 heteroatoms. The van der Waals surface area contributed by atoms with Crippen LogP contribution in [0, 0.1) is 26.7 Å². The summed E-state index contributed by atoms with van der Waals surface area (Å²) in [7, 11) is 0. The van der Waals surface area contributed by atoms with E-state index in [1.165, 1.54) is 5.56 Å². The Kier molecular flexibility index (Phi) is 7.68. The fourth-order valence-electron chi connectivity index (χ4n) is 4.06. The van der Waals surface area contributed by atoms with Crippen molar-refractivity contribution in [3.05, 3.63) is 89.0 Å². The molecule has 0 unspecified atom stereocenters. The standard InChI is InChI=1S/C29H31N3O4/c1-19-4-7-22(8-5-19)16-30-29(35)23-15-28(34)32(17-23)25-10-12-26(13-11-25)36-18-27(33)31-24-9-6-20(2)21(3)14-24/h4-14,23H,15-18H2,1-3H3,(H,30,35)(H,31,33)/t23-/m0/s1. The monoisotopic (exact) mass is 485 g/mol. The highest BCUT2D eigenvalue weighted by Crippen LogP contribution is 2.27. The summed E-state index contributed by atoms with van der Waals surface area (Å²) in [6, 6.07) is 20.7. The van der Waals surface area contributed by atoms with Gasteiger partial charge in [0.25, 0.3) is 5.91 Å². The van der Waals surface area contributed by atoms with Gasteiger partial charge >= 0.3 is 0 Å².